The lowest BCUT2D eigenvalue weighted by Crippen LogP contribution is -2.60. The van der Waals surface area contributed by atoms with Crippen LogP contribution >= 0.6 is 23.5 Å². The second-order valence-electron chi connectivity index (χ2n) is 13.9. The maximum Gasteiger partial charge on any atom is 0.326 e. The second-order valence-corrected chi connectivity index (χ2v) is 15.9. The van der Waals surface area contributed by atoms with Crippen LogP contribution in [0.1, 0.15) is 63.5 Å². The van der Waals surface area contributed by atoms with Crippen molar-refractivity contribution in [3.63, 3.8) is 0 Å². The van der Waals surface area contributed by atoms with Gasteiger partial charge in [-0.25, -0.2) is 9.78 Å². The standard InChI is InChI=1S/C35H58N12O10S2/c1-58-12-8-21(42-29(50)20(37)6-3-4-10-36)30(51)45-24(15-27(38)48)32(53)44-23(14-19-17-40-18-41-19)31(52)43-22(9-13-59-2)34(55)47-11-5-7-26(47)33(54)46-25(35(56)57)16-28(39)49/h17-18,20-26H,3-16,36-37H2,1-2H3,(H2,38,48)(H2,39,49)(H,40,41)(H,42,50)(H,43,52)(H,44,53)(H,45,51)(H,46,54)(H,56,57)/t20-,21-,22-,23-,24-,25-,26-/m0/s1. The van der Waals surface area contributed by atoms with E-state index in [-0.39, 0.29) is 32.2 Å². The Hall–Kier alpha value is -4.94. The van der Waals surface area contributed by atoms with Crippen molar-refractivity contribution in [3.05, 3.63) is 18.2 Å². The molecule has 22 nitrogen and oxygen atoms in total. The summed E-state index contributed by atoms with van der Waals surface area (Å²) >= 11 is 2.79. The molecule has 15 N–H and O–H groups in total. The number of hydrogen-bond donors (Lipinski definition) is 11. The largest absolute Gasteiger partial charge is 0.480 e. The SMILES string of the molecule is CSCC[C@H](NC(=O)[C@@H](N)CCCCN)C(=O)N[C@@H](CC(N)=O)C(=O)N[C@@H](Cc1cnc[nH]1)C(=O)N[C@@H](CCSC)C(=O)N1CCC[C@H]1C(=O)N[C@@H](CC(N)=O)C(=O)O. The fraction of sp³-hybridized carbons (Fsp3) is 0.657. The number of rotatable bonds is 28. The summed E-state index contributed by atoms with van der Waals surface area (Å²) in [5, 5.41) is 22.1. The summed E-state index contributed by atoms with van der Waals surface area (Å²) in [6.45, 7) is 0.536. The molecule has 0 bridgehead atoms. The number of aromatic nitrogens is 2. The van der Waals surface area contributed by atoms with E-state index in [2.05, 4.69) is 36.6 Å². The minimum atomic E-state index is -1.62. The Balaban J connectivity index is 2.33. The zero-order valence-corrected chi connectivity index (χ0v) is 34.9. The number of hydrogen-bond acceptors (Lipinski definition) is 14. The Morgan fingerprint density at radius 3 is 1.93 bits per heavy atom. The molecule has 7 atom stereocenters. The Bertz CT molecular complexity index is 1600. The third-order valence-electron chi connectivity index (χ3n) is 9.28. The number of aromatic amines is 1. The highest BCUT2D eigenvalue weighted by atomic mass is 32.2. The van der Waals surface area contributed by atoms with E-state index in [1.54, 1.807) is 12.5 Å². The first-order valence-corrected chi connectivity index (χ1v) is 21.8. The van der Waals surface area contributed by atoms with Crippen molar-refractivity contribution in [2.45, 2.75) is 107 Å². The highest BCUT2D eigenvalue weighted by Gasteiger charge is 2.40. The number of amides is 8. The Morgan fingerprint density at radius 1 is 0.797 bits per heavy atom. The maximum absolute atomic E-state index is 14.0. The number of carbonyl (C=O) groups is 9. The molecular formula is C35H58N12O10S2. The molecule has 0 spiro atoms. The summed E-state index contributed by atoms with van der Waals surface area (Å²) in [4.78, 5) is 125. The van der Waals surface area contributed by atoms with E-state index in [9.17, 15) is 48.3 Å². The summed E-state index contributed by atoms with van der Waals surface area (Å²) in [7, 11) is 0. The topological polar surface area (TPSA) is 370 Å². The van der Waals surface area contributed by atoms with Gasteiger partial charge in [0, 0.05) is 24.9 Å². The van der Waals surface area contributed by atoms with Gasteiger partial charge in [-0.1, -0.05) is 6.42 Å². The van der Waals surface area contributed by atoms with Gasteiger partial charge in [0.1, 0.15) is 36.3 Å². The lowest BCUT2D eigenvalue weighted by atomic mass is 10.1. The number of carbonyl (C=O) groups excluding carboxylic acids is 8. The van der Waals surface area contributed by atoms with Gasteiger partial charge < -0.3 is 64.5 Å². The monoisotopic (exact) mass is 870 g/mol. The molecule has 330 valence electrons. The number of imidazole rings is 1. The van der Waals surface area contributed by atoms with Gasteiger partial charge in [-0.3, -0.25) is 38.4 Å². The smallest absolute Gasteiger partial charge is 0.326 e. The van der Waals surface area contributed by atoms with E-state index in [0.29, 0.717) is 49.4 Å². The minimum Gasteiger partial charge on any atom is -0.480 e. The van der Waals surface area contributed by atoms with Crippen LogP contribution in [0.15, 0.2) is 12.5 Å². The summed E-state index contributed by atoms with van der Waals surface area (Å²) in [5.74, 6) is -7.22. The Morgan fingerprint density at radius 2 is 1.36 bits per heavy atom. The van der Waals surface area contributed by atoms with Gasteiger partial charge in [0.2, 0.25) is 47.3 Å². The van der Waals surface area contributed by atoms with Gasteiger partial charge in [0.05, 0.1) is 25.2 Å². The number of thioether (sulfide) groups is 2. The number of H-pyrrole nitrogens is 1. The highest BCUT2D eigenvalue weighted by molar-refractivity contribution is 7.98. The highest BCUT2D eigenvalue weighted by Crippen LogP contribution is 2.20. The zero-order valence-electron chi connectivity index (χ0n) is 33.2. The number of nitrogens with one attached hydrogen (secondary N) is 6. The van der Waals surface area contributed by atoms with Crippen LogP contribution in [0.25, 0.3) is 0 Å². The summed E-state index contributed by atoms with van der Waals surface area (Å²) in [5.41, 5.74) is 22.6. The van der Waals surface area contributed by atoms with E-state index in [0.717, 1.165) is 0 Å². The zero-order chi connectivity index (χ0) is 44.1. The lowest BCUT2D eigenvalue weighted by Gasteiger charge is -2.30. The summed E-state index contributed by atoms with van der Waals surface area (Å²) in [6.07, 6.45) is 7.21. The molecule has 0 saturated carbocycles. The van der Waals surface area contributed by atoms with Crippen LogP contribution in [-0.2, 0) is 49.6 Å². The fourth-order valence-electron chi connectivity index (χ4n) is 6.14. The van der Waals surface area contributed by atoms with E-state index >= 15 is 0 Å². The molecule has 8 amide bonds. The molecular weight excluding hydrogens is 813 g/mol. The number of unbranched alkanes of at least 4 members (excludes halogenated alkanes) is 1. The first kappa shape index (κ1) is 50.2. The van der Waals surface area contributed by atoms with E-state index in [1.807, 2.05) is 0 Å². The molecule has 59 heavy (non-hydrogen) atoms. The lowest BCUT2D eigenvalue weighted by molar-refractivity contribution is -0.146. The summed E-state index contributed by atoms with van der Waals surface area (Å²) < 4.78 is 0. The van der Waals surface area contributed by atoms with Crippen molar-refractivity contribution in [2.75, 3.05) is 37.1 Å². The van der Waals surface area contributed by atoms with Crippen molar-refractivity contribution in [1.82, 2.24) is 41.5 Å². The first-order chi connectivity index (χ1) is 28.0. The average molecular weight is 871 g/mol. The third kappa shape index (κ3) is 17.4. The van der Waals surface area contributed by atoms with Crippen molar-refractivity contribution in [2.24, 2.45) is 22.9 Å². The maximum atomic E-state index is 14.0. The quantitative estimate of drug-likeness (QED) is 0.0360. The van der Waals surface area contributed by atoms with Crippen molar-refractivity contribution in [1.29, 1.82) is 0 Å². The molecule has 0 aliphatic carbocycles. The molecule has 1 aliphatic heterocycles. The van der Waals surface area contributed by atoms with E-state index < -0.39 is 108 Å². The van der Waals surface area contributed by atoms with Crippen LogP contribution < -0.4 is 49.5 Å². The van der Waals surface area contributed by atoms with E-state index in [4.69, 9.17) is 22.9 Å². The first-order valence-electron chi connectivity index (χ1n) is 19.0. The number of nitrogens with two attached hydrogens (primary N) is 4. The molecule has 0 aromatic carbocycles. The predicted octanol–water partition coefficient (Wildman–Crippen LogP) is -3.83. The van der Waals surface area contributed by atoms with Gasteiger partial charge >= 0.3 is 5.97 Å². The molecule has 0 radical (unpaired) electrons. The van der Waals surface area contributed by atoms with Crippen LogP contribution in [0, 0.1) is 0 Å². The van der Waals surface area contributed by atoms with Crippen LogP contribution in [0.2, 0.25) is 0 Å². The van der Waals surface area contributed by atoms with Crippen molar-refractivity contribution < 1.29 is 48.3 Å². The van der Waals surface area contributed by atoms with Crippen LogP contribution in [-0.4, -0.2) is 153 Å². The van der Waals surface area contributed by atoms with Gasteiger partial charge in [-0.05, 0) is 69.1 Å². The van der Waals surface area contributed by atoms with Gasteiger partial charge in [-0.2, -0.15) is 23.5 Å². The molecule has 0 unspecified atom stereocenters. The number of aliphatic carboxylic acids is 1. The number of carboxylic acids is 1. The molecule has 2 rings (SSSR count). The predicted molar refractivity (Wildman–Crippen MR) is 219 cm³/mol. The molecule has 1 saturated heterocycles. The van der Waals surface area contributed by atoms with Crippen LogP contribution in [0.5, 0.6) is 0 Å². The fourth-order valence-corrected chi connectivity index (χ4v) is 7.08. The van der Waals surface area contributed by atoms with Crippen molar-refractivity contribution >= 4 is 76.8 Å². The van der Waals surface area contributed by atoms with Gasteiger partial charge in [0.25, 0.3) is 0 Å². The third-order valence-corrected chi connectivity index (χ3v) is 10.6. The second kappa shape index (κ2) is 26.2. The molecule has 24 heteroatoms. The summed E-state index contributed by atoms with van der Waals surface area (Å²) in [6, 6.07) is -9.01. The average Bonchev–Trinajstić information content (AvgIpc) is 3.89. The van der Waals surface area contributed by atoms with Gasteiger partial charge in [-0.15, -0.1) is 0 Å². The van der Waals surface area contributed by atoms with Crippen LogP contribution in [0.4, 0.5) is 0 Å². The van der Waals surface area contributed by atoms with Crippen molar-refractivity contribution in [3.8, 4) is 0 Å². The van der Waals surface area contributed by atoms with Crippen LogP contribution in [0.3, 0.4) is 0 Å². The molecule has 1 aliphatic rings. The molecule has 1 aromatic heterocycles. The number of nitrogens with zero attached hydrogens (tertiary/aromatic N) is 2. The van der Waals surface area contributed by atoms with E-state index in [1.165, 1.54) is 40.9 Å². The molecule has 1 aromatic rings. The number of primary amides is 2. The van der Waals surface area contributed by atoms with Gasteiger partial charge in [0.15, 0.2) is 0 Å². The molecule has 1 fully saturated rings. The Labute approximate surface area is 350 Å². The normalized spacial score (nSPS) is 16.7. The number of likely N-dealkylation sites (tertiary alicyclic amines) is 1. The number of carboxylic acid groups (broad SMARTS) is 1. The Kier molecular flexibility index (Phi) is 22.3. The minimum absolute atomic E-state index is 0.0981. The molecule has 2 heterocycles.